The summed E-state index contributed by atoms with van der Waals surface area (Å²) in [5.41, 5.74) is 0. The van der Waals surface area contributed by atoms with Gasteiger partial charge in [-0.1, -0.05) is 0 Å². The van der Waals surface area contributed by atoms with Crippen LogP contribution < -0.4 is 0 Å². The van der Waals surface area contributed by atoms with Crippen LogP contribution in [-0.4, -0.2) is 65.4 Å². The molecule has 0 aromatic carbocycles. The normalized spacial score (nSPS) is 38.2. The SMILES string of the molecule is CC(C)C1P(C)(C)=P[P+](C)(C)P(C)(C)(C)[P+]1(C)C. The van der Waals surface area contributed by atoms with Gasteiger partial charge < -0.3 is 0 Å². The molecule has 0 bridgehead atoms. The third kappa shape index (κ3) is 2.26. The third-order valence-electron chi connectivity index (χ3n) is 5.80. The Kier molecular flexibility index (Phi) is 4.52. The molecule has 0 N–H and O–H groups in total. The van der Waals surface area contributed by atoms with E-state index in [1.165, 1.54) is 0 Å². The van der Waals surface area contributed by atoms with Crippen LogP contribution in [-0.2, 0) is 0 Å². The Hall–Kier alpha value is 2.02. The molecule has 0 spiro atoms. The molecule has 1 aliphatic rings. The summed E-state index contributed by atoms with van der Waals surface area (Å²) in [7, 11) is 1.91. The van der Waals surface area contributed by atoms with Crippen molar-refractivity contribution in [3.63, 3.8) is 0 Å². The van der Waals surface area contributed by atoms with E-state index in [0.29, 0.717) is 0 Å². The van der Waals surface area contributed by atoms with Gasteiger partial charge in [-0.2, -0.15) is 0 Å². The van der Waals surface area contributed by atoms with Crippen molar-refractivity contribution >= 4 is 33.7 Å². The molecule has 0 aromatic rings. The van der Waals surface area contributed by atoms with Gasteiger partial charge in [0.2, 0.25) is 0 Å². The second-order valence-electron chi connectivity index (χ2n) is 8.67. The van der Waals surface area contributed by atoms with E-state index < -0.39 is 26.1 Å². The van der Waals surface area contributed by atoms with Crippen molar-refractivity contribution in [1.82, 2.24) is 0 Å². The Bertz CT molecular complexity index is 403. The predicted octanol–water partition coefficient (Wildman–Crippen LogP) is 6.86. The van der Waals surface area contributed by atoms with Gasteiger partial charge >= 0.3 is 119 Å². The van der Waals surface area contributed by atoms with Gasteiger partial charge in [0.15, 0.2) is 0 Å². The number of hydrogen-bond acceptors (Lipinski definition) is 0. The molecule has 0 saturated carbocycles. The zero-order chi connectivity index (χ0) is 14.8. The van der Waals surface area contributed by atoms with Crippen molar-refractivity contribution in [3.05, 3.63) is 0 Å². The Balaban J connectivity index is 3.73. The van der Waals surface area contributed by atoms with Gasteiger partial charge in [-0.05, 0) is 0 Å². The van der Waals surface area contributed by atoms with Crippen molar-refractivity contribution in [1.29, 1.82) is 0 Å². The second-order valence-corrected chi connectivity index (χ2v) is 48.8. The number of hydrogen-bond donors (Lipinski definition) is 0. The zero-order valence-corrected chi connectivity index (χ0v) is 18.9. The first-order valence-electron chi connectivity index (χ1n) is 6.83. The molecule has 0 aromatic heterocycles. The summed E-state index contributed by atoms with van der Waals surface area (Å²) >= 11 is 0. The molecule has 1 rings (SSSR count). The maximum absolute atomic E-state index is 2.74. The summed E-state index contributed by atoms with van der Waals surface area (Å²) in [6, 6.07) is 0. The van der Waals surface area contributed by atoms with Crippen molar-refractivity contribution in [2.24, 2.45) is 5.92 Å². The Morgan fingerprint density at radius 3 is 1.72 bits per heavy atom. The van der Waals surface area contributed by atoms with E-state index in [2.05, 4.69) is 73.8 Å². The van der Waals surface area contributed by atoms with Crippen LogP contribution in [0.15, 0.2) is 0 Å². The second kappa shape index (κ2) is 4.51. The van der Waals surface area contributed by atoms with Gasteiger partial charge in [-0.15, -0.1) is 0 Å². The Labute approximate surface area is 119 Å². The fourth-order valence-electron chi connectivity index (χ4n) is 3.88. The first-order chi connectivity index (χ1) is 7.56. The van der Waals surface area contributed by atoms with Crippen LogP contribution >= 0.6 is 33.7 Å². The predicted molar refractivity (Wildman–Crippen MR) is 107 cm³/mol. The minimum atomic E-state index is -1.51. The monoisotopic (exact) mass is 346 g/mol. The van der Waals surface area contributed by atoms with Gasteiger partial charge in [0.05, 0.1) is 0 Å². The molecule has 0 nitrogen and oxygen atoms in total. The molecular formula is C13H35P5+2. The summed E-state index contributed by atoms with van der Waals surface area (Å²) in [6.45, 7) is 27.0. The standard InChI is InChI=1S/C13H35P5/c1-12(2)13-15(3,4)14-17(7,8)18(9,10,11)16(13,5)6/h12-13H,1-11H3/q+2. The summed E-state index contributed by atoms with van der Waals surface area (Å²) in [5.74, 6) is -0.629. The third-order valence-corrected chi connectivity index (χ3v) is 72.3. The zero-order valence-electron chi connectivity index (χ0n) is 14.4. The van der Waals surface area contributed by atoms with E-state index in [4.69, 9.17) is 0 Å². The molecule has 0 fully saturated rings. The number of rotatable bonds is 1. The van der Waals surface area contributed by atoms with Crippen LogP contribution in [0.4, 0.5) is 0 Å². The van der Waals surface area contributed by atoms with E-state index in [0.717, 1.165) is 11.3 Å². The summed E-state index contributed by atoms with van der Waals surface area (Å²) in [6.07, 6.45) is 0. The van der Waals surface area contributed by atoms with Gasteiger partial charge in [0.1, 0.15) is 0 Å². The first kappa shape index (κ1) is 18.1. The van der Waals surface area contributed by atoms with Crippen LogP contribution in [0.5, 0.6) is 0 Å². The fourth-order valence-corrected chi connectivity index (χ4v) is 84.6. The molecule has 1 atom stereocenters. The molecule has 1 unspecified atom stereocenters. The fraction of sp³-hybridized carbons (Fsp3) is 1.00. The summed E-state index contributed by atoms with van der Waals surface area (Å²) in [4.78, 5) is 0. The van der Waals surface area contributed by atoms with Crippen molar-refractivity contribution in [3.8, 4) is 0 Å². The van der Waals surface area contributed by atoms with Gasteiger partial charge in [-0.25, -0.2) is 0 Å². The molecule has 1 heterocycles. The van der Waals surface area contributed by atoms with Crippen LogP contribution in [0.3, 0.4) is 0 Å². The topological polar surface area (TPSA) is 0 Å². The molecule has 0 aliphatic carbocycles. The molecule has 0 amide bonds. The van der Waals surface area contributed by atoms with Crippen LogP contribution in [0, 0.1) is 5.92 Å². The summed E-state index contributed by atoms with van der Waals surface area (Å²) in [5, 5.41) is 1.05. The Morgan fingerprint density at radius 1 is 1.00 bits per heavy atom. The molecule has 110 valence electrons. The van der Waals surface area contributed by atoms with Crippen molar-refractivity contribution < 1.29 is 0 Å². The van der Waals surface area contributed by atoms with Crippen LogP contribution in [0.1, 0.15) is 13.8 Å². The van der Waals surface area contributed by atoms with Gasteiger partial charge in [0, 0.05) is 0 Å². The van der Waals surface area contributed by atoms with E-state index in [-0.39, 0.29) is 0 Å². The first-order valence-corrected chi connectivity index (χ1v) is 22.3. The quantitative estimate of drug-likeness (QED) is 0.455. The summed E-state index contributed by atoms with van der Waals surface area (Å²) < 4.78 is 0. The Morgan fingerprint density at radius 2 is 1.39 bits per heavy atom. The van der Waals surface area contributed by atoms with Gasteiger partial charge in [0.25, 0.3) is 0 Å². The van der Waals surface area contributed by atoms with E-state index in [1.807, 2.05) is 7.56 Å². The van der Waals surface area contributed by atoms with E-state index in [1.54, 1.807) is 0 Å². The van der Waals surface area contributed by atoms with Crippen LogP contribution in [0.2, 0.25) is 0 Å². The molecular weight excluding hydrogens is 311 g/mol. The van der Waals surface area contributed by atoms with E-state index in [9.17, 15) is 0 Å². The van der Waals surface area contributed by atoms with Crippen molar-refractivity contribution in [2.75, 3.05) is 60.0 Å². The van der Waals surface area contributed by atoms with Crippen molar-refractivity contribution in [2.45, 2.75) is 19.2 Å². The average Bonchev–Trinajstić information content (AvgIpc) is 1.94. The molecule has 1 aliphatic heterocycles. The molecule has 5 heteroatoms. The van der Waals surface area contributed by atoms with Gasteiger partial charge in [-0.3, -0.25) is 0 Å². The van der Waals surface area contributed by atoms with Crippen LogP contribution in [0.25, 0.3) is 0 Å². The van der Waals surface area contributed by atoms with E-state index >= 15 is 0 Å². The minimum absolute atomic E-state index is 0.765. The molecule has 18 heavy (non-hydrogen) atoms. The maximum atomic E-state index is 2.74. The molecule has 0 radical (unpaired) electrons. The molecule has 0 saturated heterocycles. The average molecular weight is 346 g/mol.